The van der Waals surface area contributed by atoms with Crippen molar-refractivity contribution in [3.8, 4) is 34.6 Å². The molecule has 2 heterocycles. The second-order valence-electron chi connectivity index (χ2n) is 9.61. The Hall–Kier alpha value is -5.34. The molecule has 0 bridgehead atoms. The average molecular weight is 594 g/mol. The number of nitrogen functional groups attached to an aromatic ring is 1. The van der Waals surface area contributed by atoms with Gasteiger partial charge in [-0.1, -0.05) is 12.2 Å². The molecule has 3 unspecified atom stereocenters. The predicted octanol–water partition coefficient (Wildman–Crippen LogP) is 3.64. The van der Waals surface area contributed by atoms with E-state index in [1.165, 1.54) is 54.6 Å². The van der Waals surface area contributed by atoms with E-state index in [2.05, 4.69) is 9.98 Å². The Morgan fingerprint density at radius 2 is 1.95 bits per heavy atom. The Kier molecular flexibility index (Phi) is 7.80. The molecule has 222 valence electrons. The van der Waals surface area contributed by atoms with E-state index in [1.54, 1.807) is 18.2 Å². The van der Waals surface area contributed by atoms with Gasteiger partial charge in [-0.25, -0.2) is 14.2 Å². The molecule has 0 amide bonds. The maximum absolute atomic E-state index is 15.6. The van der Waals surface area contributed by atoms with Crippen LogP contribution in [0.1, 0.15) is 17.3 Å². The van der Waals surface area contributed by atoms with Crippen molar-refractivity contribution in [1.82, 2.24) is 9.88 Å². The Labute approximate surface area is 243 Å². The summed E-state index contributed by atoms with van der Waals surface area (Å²) in [5.74, 6) is -6.51. The van der Waals surface area contributed by atoms with Crippen molar-refractivity contribution in [2.45, 2.75) is 17.9 Å². The lowest BCUT2D eigenvalue weighted by atomic mass is 9.92. The summed E-state index contributed by atoms with van der Waals surface area (Å²) in [6.45, 7) is 0.461. The van der Waals surface area contributed by atoms with Gasteiger partial charge < -0.3 is 35.3 Å². The number of carbonyl (C=O) groups is 1. The van der Waals surface area contributed by atoms with Crippen molar-refractivity contribution in [2.75, 3.05) is 13.6 Å². The van der Waals surface area contributed by atoms with Gasteiger partial charge in [0, 0.05) is 23.9 Å². The highest BCUT2D eigenvalue weighted by Gasteiger charge is 2.44. The van der Waals surface area contributed by atoms with E-state index in [-0.39, 0.29) is 28.6 Å². The van der Waals surface area contributed by atoms with Crippen LogP contribution in [0.3, 0.4) is 0 Å². The first-order valence-electron chi connectivity index (χ1n) is 12.7. The minimum Gasteiger partial charge on any atom is -0.504 e. The van der Waals surface area contributed by atoms with Gasteiger partial charge >= 0.3 is 5.97 Å². The fraction of sp³-hybridized carbons (Fsp3) is 0.172. The molecule has 3 atom stereocenters. The van der Waals surface area contributed by atoms with Crippen molar-refractivity contribution in [3.05, 3.63) is 89.7 Å². The SMILES string of the molecule is CN1CC=NC1c1cc(OC2C=CC=CC2(O)C(=O)O)ccc1Oc1c(F)cnc(Oc2cc(C(=N)N)ccc2O)c1F. The number of aliphatic carboxylic acids is 1. The summed E-state index contributed by atoms with van der Waals surface area (Å²) in [4.78, 5) is 21.6. The number of aromatic nitrogens is 1. The van der Waals surface area contributed by atoms with E-state index < -0.39 is 52.9 Å². The molecule has 0 saturated heterocycles. The number of amidine groups is 1. The van der Waals surface area contributed by atoms with Gasteiger partial charge in [0.05, 0.1) is 6.20 Å². The number of pyridine rings is 1. The van der Waals surface area contributed by atoms with Gasteiger partial charge in [-0.3, -0.25) is 15.3 Å². The van der Waals surface area contributed by atoms with Gasteiger partial charge in [0.15, 0.2) is 23.4 Å². The molecule has 2 aliphatic rings. The molecule has 1 aliphatic carbocycles. The first-order chi connectivity index (χ1) is 20.5. The smallest absolute Gasteiger partial charge is 0.344 e. The van der Waals surface area contributed by atoms with Crippen LogP contribution in [0.15, 0.2) is 71.9 Å². The number of hydrogen-bond acceptors (Lipinski definition) is 10. The molecular weight excluding hydrogens is 568 g/mol. The lowest BCUT2D eigenvalue weighted by Gasteiger charge is -2.30. The number of hydrogen-bond donors (Lipinski definition) is 5. The summed E-state index contributed by atoms with van der Waals surface area (Å²) >= 11 is 0. The number of allylic oxidation sites excluding steroid dienone is 2. The van der Waals surface area contributed by atoms with Crippen molar-refractivity contribution in [2.24, 2.45) is 10.7 Å². The molecule has 2 aromatic carbocycles. The molecule has 0 spiro atoms. The maximum Gasteiger partial charge on any atom is 0.344 e. The molecular formula is C29H25F2N5O7. The predicted molar refractivity (Wildman–Crippen MR) is 149 cm³/mol. The third-order valence-electron chi connectivity index (χ3n) is 6.67. The topological polar surface area (TPSA) is 184 Å². The van der Waals surface area contributed by atoms with E-state index in [9.17, 15) is 24.5 Å². The monoisotopic (exact) mass is 593 g/mol. The zero-order valence-corrected chi connectivity index (χ0v) is 22.4. The van der Waals surface area contributed by atoms with Crippen molar-refractivity contribution in [3.63, 3.8) is 0 Å². The van der Waals surface area contributed by atoms with Gasteiger partial charge in [0.1, 0.15) is 23.5 Å². The third kappa shape index (κ3) is 5.73. The summed E-state index contributed by atoms with van der Waals surface area (Å²) in [7, 11) is 1.76. The van der Waals surface area contributed by atoms with Crippen LogP contribution in [-0.2, 0) is 4.79 Å². The molecule has 1 aromatic heterocycles. The summed E-state index contributed by atoms with van der Waals surface area (Å²) < 4.78 is 47.4. The Morgan fingerprint density at radius 3 is 2.65 bits per heavy atom. The van der Waals surface area contributed by atoms with Crippen LogP contribution in [-0.4, -0.2) is 68.5 Å². The Balaban J connectivity index is 1.49. The van der Waals surface area contributed by atoms with E-state index in [0.717, 1.165) is 6.08 Å². The molecule has 12 nitrogen and oxygen atoms in total. The van der Waals surface area contributed by atoms with E-state index in [0.29, 0.717) is 18.3 Å². The van der Waals surface area contributed by atoms with Crippen molar-refractivity contribution in [1.29, 1.82) is 5.41 Å². The molecule has 43 heavy (non-hydrogen) atoms. The number of aliphatic imine (C=N–C) groups is 1. The fourth-order valence-corrected chi connectivity index (χ4v) is 4.35. The van der Waals surface area contributed by atoms with Crippen LogP contribution >= 0.6 is 0 Å². The summed E-state index contributed by atoms with van der Waals surface area (Å²) in [6.07, 6.45) is 5.76. The van der Waals surface area contributed by atoms with E-state index in [1.807, 2.05) is 0 Å². The Morgan fingerprint density at radius 1 is 1.16 bits per heavy atom. The van der Waals surface area contributed by atoms with E-state index in [4.69, 9.17) is 25.4 Å². The van der Waals surface area contributed by atoms with Gasteiger partial charge in [0.25, 0.3) is 5.88 Å². The summed E-state index contributed by atoms with van der Waals surface area (Å²) in [6, 6.07) is 7.94. The first-order valence-corrected chi connectivity index (χ1v) is 12.7. The zero-order chi connectivity index (χ0) is 30.9. The van der Waals surface area contributed by atoms with Crippen LogP contribution in [0.25, 0.3) is 0 Å². The molecule has 0 radical (unpaired) electrons. The second kappa shape index (κ2) is 11.5. The molecule has 0 fully saturated rings. The number of nitrogens with two attached hydrogens (primary N) is 1. The highest BCUT2D eigenvalue weighted by atomic mass is 19.1. The number of carboxylic acid groups (broad SMARTS) is 1. The first kappa shape index (κ1) is 29.2. The summed E-state index contributed by atoms with van der Waals surface area (Å²) in [5, 5.41) is 37.9. The minimum absolute atomic E-state index is 0.0211. The number of benzene rings is 2. The van der Waals surface area contributed by atoms with Gasteiger partial charge in [-0.2, -0.15) is 4.39 Å². The normalized spacial score (nSPS) is 21.1. The number of aliphatic hydroxyl groups is 1. The number of phenols is 1. The quantitative estimate of drug-likeness (QED) is 0.181. The zero-order valence-electron chi connectivity index (χ0n) is 22.4. The number of carboxylic acids is 1. The number of aromatic hydroxyl groups is 1. The highest BCUT2D eigenvalue weighted by Crippen LogP contribution is 2.41. The standard InChI is InChI=1S/C29H25F2N5O7/c1-36-11-10-34-26(36)17-13-16(41-22-4-2-3-9-29(22,40)28(38)39)6-8-20(17)42-24-18(30)14-35-27(23(24)31)43-21-12-15(25(32)33)5-7-19(21)37/h2-10,12-14,22,26,37,40H,11H2,1H3,(H3,32,33)(H,38,39). The second-order valence-corrected chi connectivity index (χ2v) is 9.61. The molecule has 5 rings (SSSR count). The lowest BCUT2D eigenvalue weighted by molar-refractivity contribution is -0.159. The largest absolute Gasteiger partial charge is 0.504 e. The number of rotatable bonds is 9. The van der Waals surface area contributed by atoms with Crippen molar-refractivity contribution < 1.29 is 43.1 Å². The lowest BCUT2D eigenvalue weighted by Crippen LogP contribution is -2.50. The minimum atomic E-state index is -2.33. The molecule has 6 N–H and O–H groups in total. The number of halogens is 2. The van der Waals surface area contributed by atoms with Crippen LogP contribution in [0.2, 0.25) is 0 Å². The van der Waals surface area contributed by atoms with Gasteiger partial charge in [-0.05, 0) is 55.6 Å². The Bertz CT molecular complexity index is 1700. The third-order valence-corrected chi connectivity index (χ3v) is 6.67. The van der Waals surface area contributed by atoms with Crippen molar-refractivity contribution >= 4 is 18.0 Å². The molecule has 1 aliphatic heterocycles. The van der Waals surface area contributed by atoms with E-state index >= 15 is 4.39 Å². The summed E-state index contributed by atoms with van der Waals surface area (Å²) in [5.41, 5.74) is 3.64. The van der Waals surface area contributed by atoms with Crippen LogP contribution in [0.5, 0.6) is 34.6 Å². The van der Waals surface area contributed by atoms with Gasteiger partial charge in [0.2, 0.25) is 17.2 Å². The number of nitrogens with zero attached hydrogens (tertiary/aromatic N) is 3. The molecule has 3 aromatic rings. The number of ether oxygens (including phenoxy) is 3. The maximum atomic E-state index is 15.6. The highest BCUT2D eigenvalue weighted by molar-refractivity contribution is 5.95. The number of phenolic OH excluding ortho intramolecular Hbond substituents is 1. The van der Waals surface area contributed by atoms with Crippen LogP contribution < -0.4 is 19.9 Å². The van der Waals surface area contributed by atoms with Gasteiger partial charge in [-0.15, -0.1) is 0 Å². The van der Waals surface area contributed by atoms with Crippen LogP contribution in [0.4, 0.5) is 8.78 Å². The number of nitrogens with one attached hydrogen (secondary N) is 1. The molecule has 14 heteroatoms. The molecule has 0 saturated carbocycles. The fourth-order valence-electron chi connectivity index (χ4n) is 4.35. The average Bonchev–Trinajstić information content (AvgIpc) is 3.40. The van der Waals surface area contributed by atoms with Crippen LogP contribution in [0, 0.1) is 17.0 Å².